The first kappa shape index (κ1) is 12.0. The number of esters is 1. The topological polar surface area (TPSA) is 56.6 Å². The first-order chi connectivity index (χ1) is 6.99. The van der Waals surface area contributed by atoms with Gasteiger partial charge in [-0.1, -0.05) is 0 Å². The van der Waals surface area contributed by atoms with Gasteiger partial charge in [0.2, 0.25) is 0 Å². The van der Waals surface area contributed by atoms with E-state index in [2.05, 4.69) is 11.1 Å². The number of hydrazine groups is 1. The van der Waals surface area contributed by atoms with E-state index in [0.29, 0.717) is 12.8 Å². The summed E-state index contributed by atoms with van der Waals surface area (Å²) in [6.07, 6.45) is 1.14. The van der Waals surface area contributed by atoms with Crippen molar-refractivity contribution in [3.63, 3.8) is 0 Å². The first-order valence-corrected chi connectivity index (χ1v) is 5.02. The summed E-state index contributed by atoms with van der Waals surface area (Å²) in [5, 5.41) is 13.2. The number of ether oxygens (including phenoxy) is 1. The molecule has 0 bridgehead atoms. The maximum Gasteiger partial charge on any atom is 0.304 e. The highest BCUT2D eigenvalue weighted by Gasteiger charge is 2.38. The molecule has 1 aliphatic heterocycles. The molecule has 5 heteroatoms. The molecular weight excluding hydrogens is 194 g/mol. The standard InChI is InChI=1S/C10H17N3O2/c1-9(14)15-10(8-11)4-6-13(7-5-10)12(2)3/h4-7H2,1-3H3. The lowest BCUT2D eigenvalue weighted by Gasteiger charge is -2.39. The lowest BCUT2D eigenvalue weighted by molar-refractivity contribution is -0.158. The largest absolute Gasteiger partial charge is 0.444 e. The lowest BCUT2D eigenvalue weighted by Crippen LogP contribution is -2.50. The van der Waals surface area contributed by atoms with E-state index in [1.54, 1.807) is 0 Å². The Morgan fingerprint density at radius 1 is 1.47 bits per heavy atom. The van der Waals surface area contributed by atoms with Crippen molar-refractivity contribution >= 4 is 5.97 Å². The van der Waals surface area contributed by atoms with Gasteiger partial charge in [-0.2, -0.15) is 5.26 Å². The third-order valence-corrected chi connectivity index (χ3v) is 2.66. The Morgan fingerprint density at radius 3 is 2.33 bits per heavy atom. The van der Waals surface area contributed by atoms with Crippen molar-refractivity contribution in [2.45, 2.75) is 25.4 Å². The minimum Gasteiger partial charge on any atom is -0.444 e. The van der Waals surface area contributed by atoms with Gasteiger partial charge in [0, 0.05) is 47.0 Å². The summed E-state index contributed by atoms with van der Waals surface area (Å²) in [7, 11) is 3.93. The molecule has 0 unspecified atom stereocenters. The molecule has 0 radical (unpaired) electrons. The van der Waals surface area contributed by atoms with Gasteiger partial charge in [-0.15, -0.1) is 0 Å². The number of hydrogen-bond acceptors (Lipinski definition) is 5. The predicted molar refractivity (Wildman–Crippen MR) is 54.6 cm³/mol. The number of rotatable bonds is 2. The Hall–Kier alpha value is -1.12. The summed E-state index contributed by atoms with van der Waals surface area (Å²) in [4.78, 5) is 10.9. The quantitative estimate of drug-likeness (QED) is 0.618. The SMILES string of the molecule is CC(=O)OC1(C#N)CCN(N(C)C)CC1. The lowest BCUT2D eigenvalue weighted by atomic mass is 9.93. The van der Waals surface area contributed by atoms with Crippen LogP contribution in [0.25, 0.3) is 0 Å². The molecule has 15 heavy (non-hydrogen) atoms. The first-order valence-electron chi connectivity index (χ1n) is 5.02. The summed E-state index contributed by atoms with van der Waals surface area (Å²) in [6.45, 7) is 2.83. The molecule has 1 fully saturated rings. The summed E-state index contributed by atoms with van der Waals surface area (Å²) in [5.41, 5.74) is -0.904. The average Bonchev–Trinajstić information content (AvgIpc) is 2.17. The van der Waals surface area contributed by atoms with Gasteiger partial charge in [0.1, 0.15) is 6.07 Å². The molecule has 0 atom stereocenters. The second-order valence-corrected chi connectivity index (χ2v) is 4.00. The third kappa shape index (κ3) is 2.91. The Morgan fingerprint density at radius 2 is 2.00 bits per heavy atom. The molecule has 0 aromatic heterocycles. The predicted octanol–water partition coefficient (Wildman–Crippen LogP) is 0.384. The monoisotopic (exact) mass is 211 g/mol. The van der Waals surface area contributed by atoms with Gasteiger partial charge in [-0.05, 0) is 0 Å². The molecule has 0 aromatic rings. The maximum atomic E-state index is 10.9. The molecule has 0 aromatic carbocycles. The Labute approximate surface area is 90.2 Å². The average molecular weight is 211 g/mol. The summed E-state index contributed by atoms with van der Waals surface area (Å²) in [5.74, 6) is -0.380. The van der Waals surface area contributed by atoms with E-state index >= 15 is 0 Å². The van der Waals surface area contributed by atoms with E-state index in [-0.39, 0.29) is 5.97 Å². The van der Waals surface area contributed by atoms with Crippen LogP contribution in [0.4, 0.5) is 0 Å². The van der Waals surface area contributed by atoms with Crippen LogP contribution < -0.4 is 0 Å². The van der Waals surface area contributed by atoms with Gasteiger partial charge >= 0.3 is 5.97 Å². The van der Waals surface area contributed by atoms with Crippen LogP contribution in [0.2, 0.25) is 0 Å². The van der Waals surface area contributed by atoms with E-state index < -0.39 is 5.60 Å². The minimum absolute atomic E-state index is 0.380. The van der Waals surface area contributed by atoms with E-state index in [1.165, 1.54) is 6.92 Å². The highest BCUT2D eigenvalue weighted by Crippen LogP contribution is 2.26. The molecule has 0 aliphatic carbocycles. The van der Waals surface area contributed by atoms with E-state index in [9.17, 15) is 4.79 Å². The Kier molecular flexibility index (Phi) is 3.66. The van der Waals surface area contributed by atoms with Crippen molar-refractivity contribution in [1.82, 2.24) is 10.0 Å². The number of hydrogen-bond donors (Lipinski definition) is 0. The highest BCUT2D eigenvalue weighted by atomic mass is 16.6. The van der Waals surface area contributed by atoms with Crippen LogP contribution >= 0.6 is 0 Å². The molecule has 84 valence electrons. The summed E-state index contributed by atoms with van der Waals surface area (Å²) in [6, 6.07) is 2.12. The van der Waals surface area contributed by atoms with E-state index in [1.807, 2.05) is 19.1 Å². The van der Waals surface area contributed by atoms with Crippen molar-refractivity contribution in [3.05, 3.63) is 0 Å². The number of carbonyl (C=O) groups excluding carboxylic acids is 1. The van der Waals surface area contributed by atoms with Gasteiger partial charge in [0.05, 0.1) is 0 Å². The molecule has 0 spiro atoms. The molecule has 0 saturated carbocycles. The van der Waals surface area contributed by atoms with Crippen molar-refractivity contribution < 1.29 is 9.53 Å². The second kappa shape index (κ2) is 4.60. The maximum absolute atomic E-state index is 10.9. The zero-order valence-corrected chi connectivity index (χ0v) is 9.49. The van der Waals surface area contributed by atoms with Crippen LogP contribution in [0.5, 0.6) is 0 Å². The Bertz CT molecular complexity index is 275. The van der Waals surface area contributed by atoms with Gasteiger partial charge in [-0.3, -0.25) is 4.79 Å². The number of nitriles is 1. The molecular formula is C10H17N3O2. The van der Waals surface area contributed by atoms with Crippen LogP contribution in [-0.4, -0.2) is 48.8 Å². The molecule has 0 amide bonds. The van der Waals surface area contributed by atoms with Gasteiger partial charge in [0.15, 0.2) is 5.60 Å². The Balaban J connectivity index is 2.59. The minimum atomic E-state index is -0.904. The van der Waals surface area contributed by atoms with Crippen molar-refractivity contribution in [3.8, 4) is 6.07 Å². The fourth-order valence-electron chi connectivity index (χ4n) is 1.77. The number of nitrogens with zero attached hydrogens (tertiary/aromatic N) is 3. The summed E-state index contributed by atoms with van der Waals surface area (Å²) >= 11 is 0. The molecule has 1 rings (SSSR count). The van der Waals surface area contributed by atoms with E-state index in [0.717, 1.165) is 13.1 Å². The molecule has 1 aliphatic rings. The van der Waals surface area contributed by atoms with Crippen LogP contribution in [0.15, 0.2) is 0 Å². The molecule has 1 heterocycles. The van der Waals surface area contributed by atoms with Crippen LogP contribution in [0.1, 0.15) is 19.8 Å². The zero-order valence-electron chi connectivity index (χ0n) is 9.49. The fourth-order valence-corrected chi connectivity index (χ4v) is 1.77. The second-order valence-electron chi connectivity index (χ2n) is 4.00. The normalized spacial score (nSPS) is 21.0. The van der Waals surface area contributed by atoms with Crippen molar-refractivity contribution in [2.24, 2.45) is 0 Å². The van der Waals surface area contributed by atoms with Crippen molar-refractivity contribution in [1.29, 1.82) is 5.26 Å². The number of carbonyl (C=O) groups is 1. The zero-order chi connectivity index (χ0) is 11.5. The van der Waals surface area contributed by atoms with Gasteiger partial charge in [0.25, 0.3) is 0 Å². The van der Waals surface area contributed by atoms with Crippen LogP contribution in [0, 0.1) is 11.3 Å². The smallest absolute Gasteiger partial charge is 0.304 e. The number of piperidine rings is 1. The van der Waals surface area contributed by atoms with Crippen molar-refractivity contribution in [2.75, 3.05) is 27.2 Å². The molecule has 5 nitrogen and oxygen atoms in total. The highest BCUT2D eigenvalue weighted by molar-refractivity contribution is 5.67. The fraction of sp³-hybridized carbons (Fsp3) is 0.800. The van der Waals surface area contributed by atoms with E-state index in [4.69, 9.17) is 10.00 Å². The summed E-state index contributed by atoms with van der Waals surface area (Å²) < 4.78 is 5.11. The third-order valence-electron chi connectivity index (χ3n) is 2.66. The van der Waals surface area contributed by atoms with Crippen LogP contribution in [-0.2, 0) is 9.53 Å². The molecule has 1 saturated heterocycles. The van der Waals surface area contributed by atoms with Gasteiger partial charge in [-0.25, -0.2) is 10.0 Å². The molecule has 0 N–H and O–H groups in total. The van der Waals surface area contributed by atoms with Crippen LogP contribution in [0.3, 0.4) is 0 Å². The van der Waals surface area contributed by atoms with Gasteiger partial charge < -0.3 is 4.74 Å².